The Balaban J connectivity index is 1.76. The largest absolute Gasteiger partial charge is 0.0842 e. The van der Waals surface area contributed by atoms with Gasteiger partial charge in [0.05, 0.1) is 0 Å². The second-order valence-electron chi connectivity index (χ2n) is 4.09. The van der Waals surface area contributed by atoms with Crippen LogP contribution in [0.3, 0.4) is 0 Å². The Kier molecular flexibility index (Phi) is 3.39. The molecule has 0 nitrogen and oxygen atoms in total. The molecule has 0 fully saturated rings. The summed E-state index contributed by atoms with van der Waals surface area (Å²) in [4.78, 5) is 0. The van der Waals surface area contributed by atoms with Crippen molar-refractivity contribution in [1.29, 1.82) is 0 Å². The summed E-state index contributed by atoms with van der Waals surface area (Å²) in [5.74, 6) is 1.37. The lowest BCUT2D eigenvalue weighted by molar-refractivity contribution is 0.589. The molecular weight excluding hydrogens is 168 g/mol. The summed E-state index contributed by atoms with van der Waals surface area (Å²) in [6.07, 6.45) is 23.3. The van der Waals surface area contributed by atoms with E-state index in [1.807, 2.05) is 0 Å². The van der Waals surface area contributed by atoms with Gasteiger partial charge in [0, 0.05) is 0 Å². The molecule has 2 aliphatic carbocycles. The van der Waals surface area contributed by atoms with Crippen molar-refractivity contribution in [2.24, 2.45) is 11.8 Å². The first-order valence-corrected chi connectivity index (χ1v) is 5.62. The topological polar surface area (TPSA) is 0 Å². The van der Waals surface area contributed by atoms with Gasteiger partial charge < -0.3 is 0 Å². The average Bonchev–Trinajstić information content (AvgIpc) is 2.29. The third kappa shape index (κ3) is 2.73. The number of hydrogen-bond acceptors (Lipinski definition) is 0. The van der Waals surface area contributed by atoms with Gasteiger partial charge in [-0.3, -0.25) is 0 Å². The maximum Gasteiger partial charge on any atom is -0.00530 e. The van der Waals surface area contributed by atoms with Crippen LogP contribution in [-0.2, 0) is 0 Å². The molecule has 0 saturated carbocycles. The molecule has 2 rings (SSSR count). The molecule has 74 valence electrons. The number of allylic oxidation sites excluding steroid dienone is 8. The molecule has 2 aliphatic rings. The van der Waals surface area contributed by atoms with Gasteiger partial charge in [0.25, 0.3) is 0 Å². The zero-order valence-electron chi connectivity index (χ0n) is 8.60. The van der Waals surface area contributed by atoms with Crippen molar-refractivity contribution in [2.45, 2.75) is 25.7 Å². The van der Waals surface area contributed by atoms with Crippen LogP contribution >= 0.6 is 0 Å². The van der Waals surface area contributed by atoms with Crippen LogP contribution < -0.4 is 0 Å². The molecule has 0 amide bonds. The molecule has 0 saturated heterocycles. The summed E-state index contributed by atoms with van der Waals surface area (Å²) in [7, 11) is 0. The Labute approximate surface area is 86.7 Å². The van der Waals surface area contributed by atoms with E-state index in [0.29, 0.717) is 11.8 Å². The fraction of sp³-hybridized carbons (Fsp3) is 0.429. The lowest BCUT2D eigenvalue weighted by atomic mass is 9.91. The molecule has 0 atom stereocenters. The predicted molar refractivity (Wildman–Crippen MR) is 62.0 cm³/mol. The minimum atomic E-state index is 0.687. The monoisotopic (exact) mass is 186 g/mol. The van der Waals surface area contributed by atoms with Crippen LogP contribution in [0.5, 0.6) is 0 Å². The molecule has 0 aromatic carbocycles. The lowest BCUT2D eigenvalue weighted by Gasteiger charge is -2.15. The van der Waals surface area contributed by atoms with Crippen LogP contribution in [0.4, 0.5) is 0 Å². The molecule has 0 radical (unpaired) electrons. The molecule has 0 heterocycles. The van der Waals surface area contributed by atoms with Gasteiger partial charge in [-0.1, -0.05) is 48.6 Å². The van der Waals surface area contributed by atoms with Crippen LogP contribution in [0.1, 0.15) is 25.7 Å². The van der Waals surface area contributed by atoms with Gasteiger partial charge in [-0.05, 0) is 37.5 Å². The van der Waals surface area contributed by atoms with E-state index < -0.39 is 0 Å². The fourth-order valence-corrected chi connectivity index (χ4v) is 2.07. The molecule has 0 spiro atoms. The van der Waals surface area contributed by atoms with Crippen LogP contribution in [0.2, 0.25) is 0 Å². The Morgan fingerprint density at radius 2 is 1.00 bits per heavy atom. The van der Waals surface area contributed by atoms with Gasteiger partial charge in [-0.2, -0.15) is 0 Å². The molecule has 0 N–H and O–H groups in total. The Morgan fingerprint density at radius 1 is 0.643 bits per heavy atom. The van der Waals surface area contributed by atoms with E-state index in [1.54, 1.807) is 0 Å². The van der Waals surface area contributed by atoms with E-state index in [2.05, 4.69) is 48.6 Å². The van der Waals surface area contributed by atoms with Gasteiger partial charge in [0.1, 0.15) is 0 Å². The van der Waals surface area contributed by atoms with Gasteiger partial charge in [0.15, 0.2) is 0 Å². The number of hydrogen-bond donors (Lipinski definition) is 0. The van der Waals surface area contributed by atoms with Gasteiger partial charge in [-0.25, -0.2) is 0 Å². The maximum atomic E-state index is 2.34. The molecule has 14 heavy (non-hydrogen) atoms. The lowest BCUT2D eigenvalue weighted by Crippen LogP contribution is -2.01. The highest BCUT2D eigenvalue weighted by Crippen LogP contribution is 2.21. The quantitative estimate of drug-likeness (QED) is 0.584. The molecule has 0 unspecified atom stereocenters. The molecule has 0 heteroatoms. The third-order valence-electron chi connectivity index (χ3n) is 2.91. The second-order valence-corrected chi connectivity index (χ2v) is 4.09. The molecular formula is C14H18. The minimum Gasteiger partial charge on any atom is -0.0842 e. The highest BCUT2D eigenvalue weighted by Gasteiger charge is 2.07. The van der Waals surface area contributed by atoms with Crippen LogP contribution in [0, 0.1) is 11.8 Å². The van der Waals surface area contributed by atoms with Gasteiger partial charge in [0.2, 0.25) is 0 Å². The zero-order valence-corrected chi connectivity index (χ0v) is 8.60. The van der Waals surface area contributed by atoms with Gasteiger partial charge in [-0.15, -0.1) is 0 Å². The average molecular weight is 186 g/mol. The predicted octanol–water partition coefficient (Wildman–Crippen LogP) is 4.03. The van der Waals surface area contributed by atoms with E-state index in [1.165, 1.54) is 12.8 Å². The van der Waals surface area contributed by atoms with E-state index >= 15 is 0 Å². The van der Waals surface area contributed by atoms with E-state index in [-0.39, 0.29) is 0 Å². The Bertz CT molecular complexity index is 224. The summed E-state index contributed by atoms with van der Waals surface area (Å²) in [6, 6.07) is 0. The smallest absolute Gasteiger partial charge is 0.00530 e. The summed E-state index contributed by atoms with van der Waals surface area (Å²) >= 11 is 0. The normalized spacial score (nSPS) is 22.0. The highest BCUT2D eigenvalue weighted by molar-refractivity contribution is 5.11. The van der Waals surface area contributed by atoms with Crippen LogP contribution in [0.25, 0.3) is 0 Å². The van der Waals surface area contributed by atoms with Crippen LogP contribution in [0.15, 0.2) is 48.6 Å². The number of rotatable bonds is 3. The van der Waals surface area contributed by atoms with Crippen molar-refractivity contribution < 1.29 is 0 Å². The van der Waals surface area contributed by atoms with E-state index in [9.17, 15) is 0 Å². The van der Waals surface area contributed by atoms with Crippen molar-refractivity contribution in [2.75, 3.05) is 0 Å². The molecule has 0 bridgehead atoms. The first-order valence-electron chi connectivity index (χ1n) is 5.62. The second kappa shape index (κ2) is 4.99. The summed E-state index contributed by atoms with van der Waals surface area (Å²) in [5, 5.41) is 0. The zero-order chi connectivity index (χ0) is 9.64. The first kappa shape index (κ1) is 9.51. The Hall–Kier alpha value is -1.04. The summed E-state index contributed by atoms with van der Waals surface area (Å²) in [6.45, 7) is 0. The molecule has 0 aromatic rings. The minimum absolute atomic E-state index is 0.687. The van der Waals surface area contributed by atoms with Crippen molar-refractivity contribution in [3.05, 3.63) is 48.6 Å². The Morgan fingerprint density at radius 3 is 1.36 bits per heavy atom. The fourth-order valence-electron chi connectivity index (χ4n) is 2.07. The standard InChI is InChI=1S/C14H18/c1-3-7-13(8-4-1)11-12-14-9-5-2-6-10-14/h3-10,13-14H,1-2,11-12H2. The first-order chi connectivity index (χ1) is 6.95. The van der Waals surface area contributed by atoms with Crippen molar-refractivity contribution in [1.82, 2.24) is 0 Å². The molecule has 0 aliphatic heterocycles. The van der Waals surface area contributed by atoms with Gasteiger partial charge >= 0.3 is 0 Å². The van der Waals surface area contributed by atoms with Crippen molar-refractivity contribution in [3.63, 3.8) is 0 Å². The summed E-state index contributed by atoms with van der Waals surface area (Å²) < 4.78 is 0. The van der Waals surface area contributed by atoms with Crippen molar-refractivity contribution >= 4 is 0 Å². The van der Waals surface area contributed by atoms with E-state index in [0.717, 1.165) is 12.8 Å². The third-order valence-corrected chi connectivity index (χ3v) is 2.91. The SMILES string of the molecule is C1=CC(CCC2C=CCC=C2)C=CC1. The van der Waals surface area contributed by atoms with E-state index in [4.69, 9.17) is 0 Å². The highest BCUT2D eigenvalue weighted by atomic mass is 14.1. The summed E-state index contributed by atoms with van der Waals surface area (Å²) in [5.41, 5.74) is 0. The van der Waals surface area contributed by atoms with Crippen molar-refractivity contribution in [3.8, 4) is 0 Å². The maximum absolute atomic E-state index is 2.34. The molecule has 0 aromatic heterocycles. The van der Waals surface area contributed by atoms with Crippen LogP contribution in [-0.4, -0.2) is 0 Å².